The van der Waals surface area contributed by atoms with E-state index in [4.69, 9.17) is 14.2 Å². The van der Waals surface area contributed by atoms with Crippen LogP contribution in [0.3, 0.4) is 0 Å². The molecule has 160 valence electrons. The van der Waals surface area contributed by atoms with E-state index in [-0.39, 0.29) is 24.0 Å². The molecule has 1 aromatic rings. The first-order valence-corrected chi connectivity index (χ1v) is 10.2. The lowest BCUT2D eigenvalue weighted by Gasteiger charge is -2.29. The van der Waals surface area contributed by atoms with Crippen LogP contribution < -0.4 is 4.74 Å². The maximum atomic E-state index is 14.3. The average Bonchev–Trinajstić information content (AvgIpc) is 2.77. The fourth-order valence-electron chi connectivity index (χ4n) is 3.32. The Labute approximate surface area is 173 Å². The third kappa shape index (κ3) is 6.70. The highest BCUT2D eigenvalue weighted by molar-refractivity contribution is 5.31. The van der Waals surface area contributed by atoms with Crippen LogP contribution in [0.1, 0.15) is 57.6 Å². The van der Waals surface area contributed by atoms with E-state index in [9.17, 15) is 8.78 Å². The summed E-state index contributed by atoms with van der Waals surface area (Å²) < 4.78 is 44.7. The Kier molecular flexibility index (Phi) is 9.39. The highest BCUT2D eigenvalue weighted by atomic mass is 19.2. The molecule has 0 amide bonds. The van der Waals surface area contributed by atoms with Gasteiger partial charge in [-0.05, 0) is 62.6 Å². The van der Waals surface area contributed by atoms with Crippen molar-refractivity contribution in [1.29, 1.82) is 0 Å². The number of hydrogen-bond acceptors (Lipinski definition) is 3. The van der Waals surface area contributed by atoms with Crippen molar-refractivity contribution in [3.8, 4) is 5.75 Å². The van der Waals surface area contributed by atoms with Crippen molar-refractivity contribution in [1.82, 2.24) is 0 Å². The van der Waals surface area contributed by atoms with Crippen molar-refractivity contribution in [2.24, 2.45) is 5.92 Å². The van der Waals surface area contributed by atoms with Crippen molar-refractivity contribution >= 4 is 0 Å². The van der Waals surface area contributed by atoms with Crippen LogP contribution >= 0.6 is 0 Å². The quantitative estimate of drug-likeness (QED) is 0.238. The number of hydrogen-bond donors (Lipinski definition) is 0. The zero-order valence-corrected chi connectivity index (χ0v) is 17.7. The molecule has 2 rings (SSSR count). The summed E-state index contributed by atoms with van der Waals surface area (Å²) in [5, 5.41) is 0. The molecule has 0 saturated carbocycles. The number of allylic oxidation sites excluding steroid dienone is 4. The minimum atomic E-state index is -0.982. The van der Waals surface area contributed by atoms with Gasteiger partial charge in [0.05, 0.1) is 19.8 Å². The molecule has 1 heterocycles. The summed E-state index contributed by atoms with van der Waals surface area (Å²) in [6, 6.07) is 7.65. The fourth-order valence-corrected chi connectivity index (χ4v) is 3.32. The first kappa shape index (κ1) is 23.1. The Morgan fingerprint density at radius 3 is 2.48 bits per heavy atom. The van der Waals surface area contributed by atoms with Gasteiger partial charge in [-0.1, -0.05) is 25.1 Å². The Bertz CT molecular complexity index is 714. The van der Waals surface area contributed by atoms with Crippen LogP contribution in [0, 0.1) is 5.92 Å². The van der Waals surface area contributed by atoms with Crippen molar-refractivity contribution in [3.05, 3.63) is 65.5 Å². The standard InChI is InChI=1S/C24H32F2O3/c1-5-7-8-18-9-14-22(29-15-18)20-10-12-21(13-11-20)28-16-19(6-2)24(26)23(25)17(3)27-4/h5,10-13,18,22H,1,6-9,14-16H2,2-4H3/b23-17-,24-19-. The molecule has 1 aliphatic heterocycles. The molecular formula is C24H32F2O3. The van der Waals surface area contributed by atoms with E-state index in [1.807, 2.05) is 30.3 Å². The van der Waals surface area contributed by atoms with E-state index in [1.165, 1.54) is 14.0 Å². The molecule has 0 N–H and O–H groups in total. The van der Waals surface area contributed by atoms with Crippen LogP contribution in [0.25, 0.3) is 0 Å². The van der Waals surface area contributed by atoms with Gasteiger partial charge in [0.2, 0.25) is 0 Å². The summed E-state index contributed by atoms with van der Waals surface area (Å²) in [5.74, 6) is -0.761. The molecule has 1 aliphatic rings. The summed E-state index contributed by atoms with van der Waals surface area (Å²) in [6.45, 7) is 7.68. The van der Waals surface area contributed by atoms with E-state index in [0.29, 0.717) is 18.1 Å². The first-order chi connectivity index (χ1) is 14.0. The van der Waals surface area contributed by atoms with Crippen LogP contribution in [-0.2, 0) is 9.47 Å². The van der Waals surface area contributed by atoms with Crippen LogP contribution in [0.5, 0.6) is 5.75 Å². The summed E-state index contributed by atoms with van der Waals surface area (Å²) >= 11 is 0. The van der Waals surface area contributed by atoms with Crippen LogP contribution in [0.15, 0.2) is 59.9 Å². The second-order valence-corrected chi connectivity index (χ2v) is 7.33. The van der Waals surface area contributed by atoms with Gasteiger partial charge in [-0.15, -0.1) is 6.58 Å². The third-order valence-electron chi connectivity index (χ3n) is 5.36. The summed E-state index contributed by atoms with van der Waals surface area (Å²) in [7, 11) is 1.31. The topological polar surface area (TPSA) is 27.7 Å². The van der Waals surface area contributed by atoms with Crippen molar-refractivity contribution in [2.45, 2.75) is 52.1 Å². The van der Waals surface area contributed by atoms with Gasteiger partial charge in [-0.3, -0.25) is 0 Å². The van der Waals surface area contributed by atoms with E-state index in [1.54, 1.807) is 6.92 Å². The molecule has 0 radical (unpaired) electrons. The highest BCUT2D eigenvalue weighted by Gasteiger charge is 2.22. The molecule has 1 saturated heterocycles. The summed E-state index contributed by atoms with van der Waals surface area (Å²) in [4.78, 5) is 0. The Morgan fingerprint density at radius 2 is 1.93 bits per heavy atom. The van der Waals surface area contributed by atoms with Gasteiger partial charge >= 0.3 is 0 Å². The molecule has 0 aromatic heterocycles. The molecule has 1 aromatic carbocycles. The highest BCUT2D eigenvalue weighted by Crippen LogP contribution is 2.33. The maximum absolute atomic E-state index is 14.3. The van der Waals surface area contributed by atoms with E-state index in [0.717, 1.165) is 37.9 Å². The lowest BCUT2D eigenvalue weighted by atomic mass is 9.91. The van der Waals surface area contributed by atoms with Gasteiger partial charge in [-0.25, -0.2) is 8.78 Å². The average molecular weight is 407 g/mol. The van der Waals surface area contributed by atoms with Gasteiger partial charge < -0.3 is 14.2 Å². The molecule has 29 heavy (non-hydrogen) atoms. The second kappa shape index (κ2) is 11.8. The lowest BCUT2D eigenvalue weighted by molar-refractivity contribution is -0.0190. The number of ether oxygens (including phenoxy) is 3. The summed E-state index contributed by atoms with van der Waals surface area (Å²) in [5.41, 5.74) is 1.37. The SMILES string of the molecule is C=CCCC1CCC(c2ccc(OC/C(CC)=C(F)/C(F)=C(\C)OC)cc2)OC1. The molecule has 5 heteroatoms. The molecule has 2 atom stereocenters. The first-order valence-electron chi connectivity index (χ1n) is 10.2. The van der Waals surface area contributed by atoms with Crippen LogP contribution in [0.2, 0.25) is 0 Å². The van der Waals surface area contributed by atoms with Crippen molar-refractivity contribution < 1.29 is 23.0 Å². The van der Waals surface area contributed by atoms with E-state index >= 15 is 0 Å². The van der Waals surface area contributed by atoms with Gasteiger partial charge in [0.1, 0.15) is 18.1 Å². The number of halogens is 2. The van der Waals surface area contributed by atoms with Crippen LogP contribution in [0.4, 0.5) is 8.78 Å². The van der Waals surface area contributed by atoms with E-state index in [2.05, 4.69) is 6.58 Å². The second-order valence-electron chi connectivity index (χ2n) is 7.33. The largest absolute Gasteiger partial charge is 0.498 e. The fraction of sp³-hybridized carbons (Fsp3) is 0.500. The zero-order valence-electron chi connectivity index (χ0n) is 17.7. The molecule has 0 bridgehead atoms. The Balaban J connectivity index is 1.93. The van der Waals surface area contributed by atoms with Gasteiger partial charge in [0, 0.05) is 5.57 Å². The molecule has 3 nitrogen and oxygen atoms in total. The number of rotatable bonds is 10. The van der Waals surface area contributed by atoms with Gasteiger partial charge in [0.15, 0.2) is 11.7 Å². The maximum Gasteiger partial charge on any atom is 0.196 e. The van der Waals surface area contributed by atoms with E-state index < -0.39 is 11.7 Å². The Hall–Kier alpha value is -2.14. The number of methoxy groups -OCH3 is 1. The smallest absolute Gasteiger partial charge is 0.196 e. The van der Waals surface area contributed by atoms with Crippen molar-refractivity contribution in [2.75, 3.05) is 20.3 Å². The molecule has 2 unspecified atom stereocenters. The molecule has 0 aliphatic carbocycles. The molecule has 0 spiro atoms. The van der Waals surface area contributed by atoms with Crippen LogP contribution in [-0.4, -0.2) is 20.3 Å². The minimum absolute atomic E-state index is 0.0169. The predicted octanol–water partition coefficient (Wildman–Crippen LogP) is 6.98. The Morgan fingerprint density at radius 1 is 1.21 bits per heavy atom. The normalized spacial score (nSPS) is 21.1. The summed E-state index contributed by atoms with van der Waals surface area (Å²) in [6.07, 6.45) is 6.72. The predicted molar refractivity (Wildman–Crippen MR) is 112 cm³/mol. The van der Waals surface area contributed by atoms with Crippen molar-refractivity contribution in [3.63, 3.8) is 0 Å². The monoisotopic (exact) mass is 406 g/mol. The van der Waals surface area contributed by atoms with Gasteiger partial charge in [0.25, 0.3) is 0 Å². The third-order valence-corrected chi connectivity index (χ3v) is 5.36. The van der Waals surface area contributed by atoms with Gasteiger partial charge in [-0.2, -0.15) is 0 Å². The lowest BCUT2D eigenvalue weighted by Crippen LogP contribution is -2.20. The molecular weight excluding hydrogens is 374 g/mol. The number of benzene rings is 1. The molecule has 1 fully saturated rings. The minimum Gasteiger partial charge on any atom is -0.498 e. The zero-order chi connectivity index (χ0) is 21.2.